The van der Waals surface area contributed by atoms with Gasteiger partial charge in [0.15, 0.2) is 5.82 Å². The highest BCUT2D eigenvalue weighted by Crippen LogP contribution is 2.22. The molecule has 1 aromatic carbocycles. The number of hydrazone groups is 1. The summed E-state index contributed by atoms with van der Waals surface area (Å²) >= 11 is 0. The third-order valence-corrected chi connectivity index (χ3v) is 5.33. The van der Waals surface area contributed by atoms with E-state index in [1.165, 1.54) is 0 Å². The van der Waals surface area contributed by atoms with E-state index in [9.17, 15) is 0 Å². The van der Waals surface area contributed by atoms with Crippen molar-refractivity contribution in [1.29, 1.82) is 0 Å². The summed E-state index contributed by atoms with van der Waals surface area (Å²) in [6, 6.07) is 10.1. The predicted octanol–water partition coefficient (Wildman–Crippen LogP) is 2.08. The number of aromatic amines is 1. The minimum atomic E-state index is 0.670. The number of nitrogens with one attached hydrogen (secondary N) is 2. The molecule has 5 rings (SSSR count). The number of anilines is 3. The molecule has 2 aliphatic heterocycles. The molecule has 2 fully saturated rings. The highest BCUT2D eigenvalue weighted by molar-refractivity contribution is 5.99. The zero-order valence-corrected chi connectivity index (χ0v) is 16.8. The monoisotopic (exact) mass is 407 g/mol. The van der Waals surface area contributed by atoms with Gasteiger partial charge in [-0.2, -0.15) is 15.1 Å². The van der Waals surface area contributed by atoms with E-state index in [2.05, 4.69) is 31.4 Å². The standard InChI is InChI=1S/C21H25N7O2/c1-2-4-18-17(3-1)16(14-22-18)15-23-26-19-13-20(27-5-9-29-10-6-27)25-21(24-19)28-7-11-30-12-8-28/h1-4,13-15,22H,5-12H2,(H,24,25,26)/b23-15+. The fraction of sp³-hybridized carbons (Fsp3) is 0.381. The van der Waals surface area contributed by atoms with Gasteiger partial charge in [-0.05, 0) is 6.07 Å². The first kappa shape index (κ1) is 18.8. The Morgan fingerprint density at radius 2 is 1.70 bits per heavy atom. The number of morpholine rings is 2. The zero-order valence-electron chi connectivity index (χ0n) is 16.8. The Bertz CT molecular complexity index is 987. The van der Waals surface area contributed by atoms with Gasteiger partial charge < -0.3 is 24.3 Å². The Morgan fingerprint density at radius 1 is 0.967 bits per heavy atom. The topological polar surface area (TPSA) is 90.9 Å². The number of fused-ring (bicyclic) bond motifs is 1. The van der Waals surface area contributed by atoms with Crippen molar-refractivity contribution >= 4 is 34.7 Å². The summed E-state index contributed by atoms with van der Waals surface area (Å²) in [6.07, 6.45) is 3.76. The number of rotatable bonds is 5. The third-order valence-electron chi connectivity index (χ3n) is 5.33. The molecule has 0 atom stereocenters. The molecule has 2 saturated heterocycles. The summed E-state index contributed by atoms with van der Waals surface area (Å²) in [5.74, 6) is 2.26. The van der Waals surface area contributed by atoms with Gasteiger partial charge in [-0.3, -0.25) is 5.43 Å². The lowest BCUT2D eigenvalue weighted by atomic mass is 10.2. The number of hydrogen-bond donors (Lipinski definition) is 2. The van der Waals surface area contributed by atoms with E-state index in [1.807, 2.05) is 36.7 Å². The number of ether oxygens (including phenoxy) is 2. The predicted molar refractivity (Wildman–Crippen MR) is 118 cm³/mol. The summed E-state index contributed by atoms with van der Waals surface area (Å²) in [5, 5.41) is 5.57. The quantitative estimate of drug-likeness (QED) is 0.494. The van der Waals surface area contributed by atoms with Crippen LogP contribution in [0.4, 0.5) is 17.6 Å². The van der Waals surface area contributed by atoms with Gasteiger partial charge in [-0.25, -0.2) is 0 Å². The first-order valence-electron chi connectivity index (χ1n) is 10.3. The molecular weight excluding hydrogens is 382 g/mol. The number of para-hydroxylation sites is 1. The van der Waals surface area contributed by atoms with Crippen LogP contribution in [-0.4, -0.2) is 73.8 Å². The maximum absolute atomic E-state index is 5.49. The average Bonchev–Trinajstić information content (AvgIpc) is 3.23. The lowest BCUT2D eigenvalue weighted by Crippen LogP contribution is -2.39. The molecule has 0 spiro atoms. The van der Waals surface area contributed by atoms with Crippen LogP contribution in [0.3, 0.4) is 0 Å². The number of nitrogens with zero attached hydrogens (tertiary/aromatic N) is 5. The minimum absolute atomic E-state index is 0.670. The highest BCUT2D eigenvalue weighted by Gasteiger charge is 2.19. The Balaban J connectivity index is 1.39. The largest absolute Gasteiger partial charge is 0.378 e. The van der Waals surface area contributed by atoms with Crippen molar-refractivity contribution in [3.63, 3.8) is 0 Å². The molecule has 2 N–H and O–H groups in total. The summed E-state index contributed by atoms with van der Waals surface area (Å²) in [7, 11) is 0. The van der Waals surface area contributed by atoms with Crippen LogP contribution in [0.1, 0.15) is 5.56 Å². The van der Waals surface area contributed by atoms with E-state index in [4.69, 9.17) is 19.4 Å². The molecule has 3 aromatic rings. The minimum Gasteiger partial charge on any atom is -0.378 e. The smallest absolute Gasteiger partial charge is 0.229 e. The molecular formula is C21H25N7O2. The zero-order chi connectivity index (χ0) is 20.2. The molecule has 0 amide bonds. The number of hydrogen-bond acceptors (Lipinski definition) is 8. The van der Waals surface area contributed by atoms with Crippen LogP contribution in [0, 0.1) is 0 Å². The molecule has 9 nitrogen and oxygen atoms in total. The molecule has 0 aliphatic carbocycles. The van der Waals surface area contributed by atoms with Crippen LogP contribution < -0.4 is 15.2 Å². The van der Waals surface area contributed by atoms with E-state index < -0.39 is 0 Å². The van der Waals surface area contributed by atoms with Crippen LogP contribution in [0.5, 0.6) is 0 Å². The maximum Gasteiger partial charge on any atom is 0.229 e. The fourth-order valence-electron chi connectivity index (χ4n) is 3.71. The molecule has 0 bridgehead atoms. The molecule has 0 unspecified atom stereocenters. The third kappa shape index (κ3) is 4.07. The summed E-state index contributed by atoms with van der Waals surface area (Å²) < 4.78 is 11.0. The van der Waals surface area contributed by atoms with Gasteiger partial charge in [0.25, 0.3) is 0 Å². The summed E-state index contributed by atoms with van der Waals surface area (Å²) in [5.41, 5.74) is 5.21. The van der Waals surface area contributed by atoms with Gasteiger partial charge in [0, 0.05) is 54.9 Å². The molecule has 9 heteroatoms. The van der Waals surface area contributed by atoms with Crippen molar-refractivity contribution in [2.45, 2.75) is 0 Å². The molecule has 0 saturated carbocycles. The SMILES string of the molecule is C(=N\Nc1cc(N2CCOCC2)nc(N2CCOCC2)n1)/c1c[nH]c2ccccc12. The van der Waals surface area contributed by atoms with Crippen LogP contribution in [0.2, 0.25) is 0 Å². The second kappa shape index (κ2) is 8.68. The number of aromatic nitrogens is 3. The Morgan fingerprint density at radius 3 is 2.50 bits per heavy atom. The van der Waals surface area contributed by atoms with Gasteiger partial charge in [0.2, 0.25) is 5.95 Å². The van der Waals surface area contributed by atoms with E-state index >= 15 is 0 Å². The van der Waals surface area contributed by atoms with Crippen LogP contribution in [0.15, 0.2) is 41.6 Å². The fourth-order valence-corrected chi connectivity index (χ4v) is 3.71. The van der Waals surface area contributed by atoms with Gasteiger partial charge in [-0.15, -0.1) is 0 Å². The Kier molecular flexibility index (Phi) is 5.45. The van der Waals surface area contributed by atoms with Crippen molar-refractivity contribution in [2.24, 2.45) is 5.10 Å². The molecule has 2 aromatic heterocycles. The molecule has 4 heterocycles. The number of benzene rings is 1. The van der Waals surface area contributed by atoms with Crippen molar-refractivity contribution in [3.8, 4) is 0 Å². The normalized spacial score (nSPS) is 17.7. The lowest BCUT2D eigenvalue weighted by molar-refractivity contribution is 0.121. The molecule has 0 radical (unpaired) electrons. The van der Waals surface area contributed by atoms with Gasteiger partial charge in [-0.1, -0.05) is 18.2 Å². The van der Waals surface area contributed by atoms with Gasteiger partial charge in [0.05, 0.1) is 32.6 Å². The summed E-state index contributed by atoms with van der Waals surface area (Å²) in [4.78, 5) is 17.2. The Hall–Kier alpha value is -3.17. The lowest BCUT2D eigenvalue weighted by Gasteiger charge is -2.31. The van der Waals surface area contributed by atoms with Gasteiger partial charge >= 0.3 is 0 Å². The van der Waals surface area contributed by atoms with Crippen molar-refractivity contribution in [1.82, 2.24) is 15.0 Å². The van der Waals surface area contributed by atoms with Crippen LogP contribution in [-0.2, 0) is 9.47 Å². The van der Waals surface area contributed by atoms with Crippen molar-refractivity contribution < 1.29 is 9.47 Å². The van der Waals surface area contributed by atoms with Crippen LogP contribution in [0.25, 0.3) is 10.9 Å². The van der Waals surface area contributed by atoms with E-state index in [1.54, 1.807) is 0 Å². The molecule has 156 valence electrons. The first-order valence-corrected chi connectivity index (χ1v) is 10.3. The second-order valence-electron chi connectivity index (χ2n) is 7.27. The first-order chi connectivity index (χ1) is 14.9. The van der Waals surface area contributed by atoms with Gasteiger partial charge in [0.1, 0.15) is 5.82 Å². The second-order valence-corrected chi connectivity index (χ2v) is 7.27. The van der Waals surface area contributed by atoms with E-state index in [-0.39, 0.29) is 0 Å². The molecule has 30 heavy (non-hydrogen) atoms. The summed E-state index contributed by atoms with van der Waals surface area (Å²) in [6.45, 7) is 5.99. The van der Waals surface area contributed by atoms with Crippen molar-refractivity contribution in [2.75, 3.05) is 67.8 Å². The maximum atomic E-state index is 5.49. The average molecular weight is 407 g/mol. The van der Waals surface area contributed by atoms with Crippen LogP contribution >= 0.6 is 0 Å². The van der Waals surface area contributed by atoms with Crippen molar-refractivity contribution in [3.05, 3.63) is 42.1 Å². The number of H-pyrrole nitrogens is 1. The highest BCUT2D eigenvalue weighted by atomic mass is 16.5. The Labute approximate surface area is 174 Å². The van der Waals surface area contributed by atoms with E-state index in [0.717, 1.165) is 48.5 Å². The van der Waals surface area contributed by atoms with E-state index in [0.29, 0.717) is 38.2 Å². The molecule has 2 aliphatic rings.